The van der Waals surface area contributed by atoms with Crippen molar-refractivity contribution in [1.29, 1.82) is 0 Å². The molecule has 1 aromatic heterocycles. The van der Waals surface area contributed by atoms with Gasteiger partial charge in [0.1, 0.15) is 11.6 Å². The molecule has 0 bridgehead atoms. The lowest BCUT2D eigenvalue weighted by molar-refractivity contribution is 0.0691. The van der Waals surface area contributed by atoms with Crippen LogP contribution in [0.3, 0.4) is 0 Å². The van der Waals surface area contributed by atoms with Crippen molar-refractivity contribution in [2.45, 2.75) is 19.3 Å². The highest BCUT2D eigenvalue weighted by Crippen LogP contribution is 2.24. The van der Waals surface area contributed by atoms with Crippen LogP contribution in [-0.4, -0.2) is 43.0 Å². The van der Waals surface area contributed by atoms with Crippen molar-refractivity contribution in [3.8, 4) is 0 Å². The lowest BCUT2D eigenvalue weighted by Gasteiger charge is -2.32. The Morgan fingerprint density at radius 1 is 1.20 bits per heavy atom. The molecule has 0 spiro atoms. The Morgan fingerprint density at radius 2 is 1.88 bits per heavy atom. The van der Waals surface area contributed by atoms with Gasteiger partial charge in [0.2, 0.25) is 0 Å². The fourth-order valence-electron chi connectivity index (χ4n) is 3.38. The zero-order valence-corrected chi connectivity index (χ0v) is 14.8. The molecule has 0 unspecified atom stereocenters. The number of aromatic nitrogens is 1. The molecule has 3 rings (SSSR count). The molecule has 1 aliphatic heterocycles. The molecule has 2 heterocycles. The Bertz CT molecular complexity index is 722. The molecule has 0 N–H and O–H groups in total. The standard InChI is InChI=1S/C20H24FN3O/c1-23(2)19-18(4-3-11-22-19)20(25)24-12-9-16(10-13-24)14-15-5-7-17(21)8-6-15/h3-8,11,16H,9-10,12-14H2,1-2H3. The van der Waals surface area contributed by atoms with Crippen LogP contribution in [0, 0.1) is 11.7 Å². The molecule has 1 aliphatic rings. The van der Waals surface area contributed by atoms with Crippen LogP contribution in [0.25, 0.3) is 0 Å². The summed E-state index contributed by atoms with van der Waals surface area (Å²) in [4.78, 5) is 21.0. The Morgan fingerprint density at radius 3 is 2.52 bits per heavy atom. The summed E-state index contributed by atoms with van der Waals surface area (Å²) in [5, 5.41) is 0. The maximum atomic E-state index is 13.0. The minimum absolute atomic E-state index is 0.0528. The number of carbonyl (C=O) groups excluding carboxylic acids is 1. The normalized spacial score (nSPS) is 15.2. The van der Waals surface area contributed by atoms with Gasteiger partial charge in [0.05, 0.1) is 5.56 Å². The van der Waals surface area contributed by atoms with Crippen molar-refractivity contribution in [1.82, 2.24) is 9.88 Å². The second kappa shape index (κ2) is 7.64. The molecular formula is C20H24FN3O. The van der Waals surface area contributed by atoms with E-state index < -0.39 is 0 Å². The highest BCUT2D eigenvalue weighted by atomic mass is 19.1. The first-order valence-corrected chi connectivity index (χ1v) is 8.70. The number of carbonyl (C=O) groups is 1. The summed E-state index contributed by atoms with van der Waals surface area (Å²) < 4.78 is 13.0. The minimum atomic E-state index is -0.197. The highest BCUT2D eigenvalue weighted by Gasteiger charge is 2.25. The average molecular weight is 341 g/mol. The Balaban J connectivity index is 1.60. The number of nitrogens with zero attached hydrogens (tertiary/aromatic N) is 3. The van der Waals surface area contributed by atoms with Gasteiger partial charge < -0.3 is 9.80 Å². The molecule has 4 nitrogen and oxygen atoms in total. The van der Waals surface area contributed by atoms with Crippen LogP contribution in [0.5, 0.6) is 0 Å². The van der Waals surface area contributed by atoms with E-state index in [4.69, 9.17) is 0 Å². The predicted molar refractivity (Wildman–Crippen MR) is 97.3 cm³/mol. The summed E-state index contributed by atoms with van der Waals surface area (Å²) in [7, 11) is 3.79. The molecule has 2 aromatic rings. The van der Waals surface area contributed by atoms with Crippen molar-refractivity contribution in [3.63, 3.8) is 0 Å². The van der Waals surface area contributed by atoms with Crippen LogP contribution in [0.15, 0.2) is 42.6 Å². The van der Waals surface area contributed by atoms with Crippen LogP contribution in [0.1, 0.15) is 28.8 Å². The number of amides is 1. The smallest absolute Gasteiger partial charge is 0.257 e. The third-order valence-electron chi connectivity index (χ3n) is 4.78. The molecular weight excluding hydrogens is 317 g/mol. The third-order valence-corrected chi connectivity index (χ3v) is 4.78. The summed E-state index contributed by atoms with van der Waals surface area (Å²) in [6.45, 7) is 1.51. The van der Waals surface area contributed by atoms with Gasteiger partial charge in [-0.1, -0.05) is 12.1 Å². The predicted octanol–water partition coefficient (Wildman–Crippen LogP) is 3.38. The first kappa shape index (κ1) is 17.4. The Kier molecular flexibility index (Phi) is 5.31. The number of hydrogen-bond donors (Lipinski definition) is 0. The van der Waals surface area contributed by atoms with Gasteiger partial charge in [-0.15, -0.1) is 0 Å². The SMILES string of the molecule is CN(C)c1ncccc1C(=O)N1CCC(Cc2ccc(F)cc2)CC1. The second-order valence-electron chi connectivity index (χ2n) is 6.84. The van der Waals surface area contributed by atoms with Crippen LogP contribution >= 0.6 is 0 Å². The molecule has 0 atom stereocenters. The molecule has 25 heavy (non-hydrogen) atoms. The quantitative estimate of drug-likeness (QED) is 0.855. The first-order chi connectivity index (χ1) is 12.0. The summed E-state index contributed by atoms with van der Waals surface area (Å²) in [5.74, 6) is 1.10. The monoisotopic (exact) mass is 341 g/mol. The van der Waals surface area contributed by atoms with Gasteiger partial charge in [-0.25, -0.2) is 9.37 Å². The first-order valence-electron chi connectivity index (χ1n) is 8.70. The van der Waals surface area contributed by atoms with Crippen molar-refractivity contribution >= 4 is 11.7 Å². The molecule has 1 fully saturated rings. The second-order valence-corrected chi connectivity index (χ2v) is 6.84. The van der Waals surface area contributed by atoms with Crippen LogP contribution in [-0.2, 0) is 6.42 Å². The number of hydrogen-bond acceptors (Lipinski definition) is 3. The lowest BCUT2D eigenvalue weighted by atomic mass is 9.90. The minimum Gasteiger partial charge on any atom is -0.362 e. The van der Waals surface area contributed by atoms with Crippen molar-refractivity contribution in [2.75, 3.05) is 32.1 Å². The topological polar surface area (TPSA) is 36.4 Å². The van der Waals surface area contributed by atoms with Gasteiger partial charge >= 0.3 is 0 Å². The van der Waals surface area contributed by atoms with Gasteiger partial charge in [0, 0.05) is 33.4 Å². The van der Waals surface area contributed by atoms with E-state index in [0.29, 0.717) is 17.3 Å². The van der Waals surface area contributed by atoms with Gasteiger partial charge in [0.15, 0.2) is 0 Å². The van der Waals surface area contributed by atoms with E-state index in [2.05, 4.69) is 4.98 Å². The van der Waals surface area contributed by atoms with E-state index in [0.717, 1.165) is 37.9 Å². The van der Waals surface area contributed by atoms with Crippen molar-refractivity contribution < 1.29 is 9.18 Å². The Labute approximate surface area is 148 Å². The number of anilines is 1. The van der Waals surface area contributed by atoms with Crippen LogP contribution in [0.2, 0.25) is 0 Å². The number of rotatable bonds is 4. The maximum Gasteiger partial charge on any atom is 0.257 e. The van der Waals surface area contributed by atoms with E-state index in [-0.39, 0.29) is 11.7 Å². The summed E-state index contributed by atoms with van der Waals surface area (Å²) >= 11 is 0. The van der Waals surface area contributed by atoms with Gasteiger partial charge in [-0.2, -0.15) is 0 Å². The molecule has 0 saturated carbocycles. The van der Waals surface area contributed by atoms with Gasteiger partial charge in [0.25, 0.3) is 5.91 Å². The van der Waals surface area contributed by atoms with Gasteiger partial charge in [-0.05, 0) is 55.0 Å². The fourth-order valence-corrected chi connectivity index (χ4v) is 3.38. The Hall–Kier alpha value is -2.43. The summed E-state index contributed by atoms with van der Waals surface area (Å²) in [6.07, 6.45) is 4.60. The zero-order valence-electron chi connectivity index (χ0n) is 14.8. The highest BCUT2D eigenvalue weighted by molar-refractivity contribution is 5.98. The van der Waals surface area contributed by atoms with Crippen molar-refractivity contribution in [3.05, 3.63) is 59.5 Å². The molecule has 1 amide bonds. The number of halogens is 1. The fraction of sp³-hybridized carbons (Fsp3) is 0.400. The molecule has 0 aliphatic carbocycles. The molecule has 1 saturated heterocycles. The van der Waals surface area contributed by atoms with E-state index in [1.54, 1.807) is 6.20 Å². The van der Waals surface area contributed by atoms with Crippen molar-refractivity contribution in [2.24, 2.45) is 5.92 Å². The largest absolute Gasteiger partial charge is 0.362 e. The average Bonchev–Trinajstić information content (AvgIpc) is 2.63. The lowest BCUT2D eigenvalue weighted by Crippen LogP contribution is -2.39. The molecule has 1 aromatic carbocycles. The number of benzene rings is 1. The van der Waals surface area contributed by atoms with Gasteiger partial charge in [-0.3, -0.25) is 4.79 Å². The molecule has 5 heteroatoms. The van der Waals surface area contributed by atoms with E-state index >= 15 is 0 Å². The third kappa shape index (κ3) is 4.16. The summed E-state index contributed by atoms with van der Waals surface area (Å²) in [6, 6.07) is 10.4. The van der Waals surface area contributed by atoms with E-state index in [9.17, 15) is 9.18 Å². The number of piperidine rings is 1. The summed E-state index contributed by atoms with van der Waals surface area (Å²) in [5.41, 5.74) is 1.82. The maximum absolute atomic E-state index is 13.0. The van der Waals surface area contributed by atoms with Crippen LogP contribution < -0.4 is 4.90 Å². The van der Waals surface area contributed by atoms with E-state index in [1.165, 1.54) is 12.1 Å². The zero-order chi connectivity index (χ0) is 17.8. The number of likely N-dealkylation sites (tertiary alicyclic amines) is 1. The molecule has 0 radical (unpaired) electrons. The molecule has 132 valence electrons. The van der Waals surface area contributed by atoms with Crippen LogP contribution in [0.4, 0.5) is 10.2 Å². The number of pyridine rings is 1. The van der Waals surface area contributed by atoms with E-state index in [1.807, 2.05) is 48.2 Å².